The first-order valence-electron chi connectivity index (χ1n) is 7.27. The molecule has 0 aromatic carbocycles. The van der Waals surface area contributed by atoms with E-state index in [2.05, 4.69) is 30.1 Å². The predicted molar refractivity (Wildman–Crippen MR) is 73.4 cm³/mol. The van der Waals surface area contributed by atoms with Gasteiger partial charge in [0.2, 0.25) is 0 Å². The monoisotopic (exact) mass is 253 g/mol. The molecule has 0 radical (unpaired) electrons. The Balaban J connectivity index is 2.29. The van der Waals surface area contributed by atoms with Crippen molar-refractivity contribution >= 4 is 0 Å². The predicted octanol–water partition coefficient (Wildman–Crippen LogP) is 1.77. The Morgan fingerprint density at radius 1 is 1.44 bits per heavy atom. The summed E-state index contributed by atoms with van der Waals surface area (Å²) in [4.78, 5) is 2.36. The van der Waals surface area contributed by atoms with Crippen LogP contribution >= 0.6 is 0 Å². The van der Waals surface area contributed by atoms with Crippen LogP contribution in [0.3, 0.4) is 0 Å². The minimum Gasteiger partial charge on any atom is -0.377 e. The van der Waals surface area contributed by atoms with E-state index in [1.54, 1.807) is 0 Å². The minimum atomic E-state index is -0.0464. The van der Waals surface area contributed by atoms with E-state index >= 15 is 0 Å². The summed E-state index contributed by atoms with van der Waals surface area (Å²) < 4.78 is 5.81. The zero-order valence-corrected chi connectivity index (χ0v) is 11.8. The van der Waals surface area contributed by atoms with Crippen LogP contribution in [0.15, 0.2) is 0 Å². The Kier molecular flexibility index (Phi) is 7.99. The van der Waals surface area contributed by atoms with Gasteiger partial charge in [-0.3, -0.25) is 4.90 Å². The highest BCUT2D eigenvalue weighted by atomic mass is 16.5. The summed E-state index contributed by atoms with van der Waals surface area (Å²) in [5.41, 5.74) is 0. The highest BCUT2D eigenvalue weighted by Crippen LogP contribution is 2.13. The van der Waals surface area contributed by atoms with E-state index in [-0.39, 0.29) is 6.04 Å². The molecule has 1 N–H and O–H groups in total. The van der Waals surface area contributed by atoms with Crippen molar-refractivity contribution < 1.29 is 4.74 Å². The van der Waals surface area contributed by atoms with Crippen LogP contribution < -0.4 is 5.32 Å². The van der Waals surface area contributed by atoms with E-state index in [4.69, 9.17) is 10.00 Å². The molecule has 2 unspecified atom stereocenters. The molecule has 0 aromatic heterocycles. The molecule has 0 spiro atoms. The summed E-state index contributed by atoms with van der Waals surface area (Å²) in [5.74, 6) is 0. The number of rotatable bonds is 8. The second kappa shape index (κ2) is 9.32. The second-order valence-electron chi connectivity index (χ2n) is 5.03. The van der Waals surface area contributed by atoms with Gasteiger partial charge in [0, 0.05) is 19.7 Å². The van der Waals surface area contributed by atoms with Crippen LogP contribution in [0, 0.1) is 11.3 Å². The van der Waals surface area contributed by atoms with E-state index in [1.807, 2.05) is 0 Å². The van der Waals surface area contributed by atoms with Gasteiger partial charge in [-0.2, -0.15) is 5.26 Å². The Morgan fingerprint density at radius 2 is 2.28 bits per heavy atom. The van der Waals surface area contributed by atoms with Crippen molar-refractivity contribution in [2.24, 2.45) is 0 Å². The number of nitrogens with zero attached hydrogens (tertiary/aromatic N) is 2. The molecule has 1 fully saturated rings. The van der Waals surface area contributed by atoms with E-state index in [1.165, 1.54) is 6.42 Å². The van der Waals surface area contributed by atoms with Crippen molar-refractivity contribution in [1.29, 1.82) is 5.26 Å². The molecule has 4 heteroatoms. The Morgan fingerprint density at radius 3 is 2.94 bits per heavy atom. The van der Waals surface area contributed by atoms with E-state index in [0.29, 0.717) is 6.10 Å². The van der Waals surface area contributed by atoms with Gasteiger partial charge in [-0.05, 0) is 38.8 Å². The standard InChI is InChI=1S/C14H27N3O/c1-3-7-16-13(10-15)11-17-8-5-6-14(12-17)18-9-4-2/h13-14,16H,3-9,11-12H2,1-2H3. The second-order valence-corrected chi connectivity index (χ2v) is 5.03. The van der Waals surface area contributed by atoms with Crippen molar-refractivity contribution in [2.45, 2.75) is 51.7 Å². The zero-order chi connectivity index (χ0) is 13.2. The summed E-state index contributed by atoms with van der Waals surface area (Å²) >= 11 is 0. The molecule has 1 aliphatic heterocycles. The van der Waals surface area contributed by atoms with Gasteiger partial charge in [0.1, 0.15) is 6.04 Å². The molecule has 4 nitrogen and oxygen atoms in total. The molecule has 0 aromatic rings. The Hall–Kier alpha value is -0.630. The van der Waals surface area contributed by atoms with Crippen molar-refractivity contribution in [1.82, 2.24) is 10.2 Å². The number of hydrogen-bond donors (Lipinski definition) is 1. The molecule has 104 valence electrons. The molecule has 18 heavy (non-hydrogen) atoms. The van der Waals surface area contributed by atoms with Crippen LogP contribution in [-0.2, 0) is 4.74 Å². The highest BCUT2D eigenvalue weighted by Gasteiger charge is 2.22. The van der Waals surface area contributed by atoms with E-state index in [9.17, 15) is 0 Å². The average Bonchev–Trinajstić information content (AvgIpc) is 2.41. The lowest BCUT2D eigenvalue weighted by Crippen LogP contribution is -2.46. The fourth-order valence-corrected chi connectivity index (χ4v) is 2.33. The highest BCUT2D eigenvalue weighted by molar-refractivity contribution is 4.93. The molecule has 2 atom stereocenters. The molecule has 1 heterocycles. The van der Waals surface area contributed by atoms with Crippen LogP contribution in [-0.4, -0.2) is 49.8 Å². The lowest BCUT2D eigenvalue weighted by molar-refractivity contribution is -0.000975. The number of nitrogens with one attached hydrogen (secondary N) is 1. The summed E-state index contributed by atoms with van der Waals surface area (Å²) in [7, 11) is 0. The summed E-state index contributed by atoms with van der Waals surface area (Å²) in [6, 6.07) is 2.30. The van der Waals surface area contributed by atoms with Crippen LogP contribution in [0.4, 0.5) is 0 Å². The van der Waals surface area contributed by atoms with Crippen molar-refractivity contribution in [2.75, 3.05) is 32.8 Å². The molecular weight excluding hydrogens is 226 g/mol. The lowest BCUT2D eigenvalue weighted by Gasteiger charge is -2.33. The molecule has 0 amide bonds. The van der Waals surface area contributed by atoms with Gasteiger partial charge in [-0.25, -0.2) is 0 Å². The third kappa shape index (κ3) is 5.81. The largest absolute Gasteiger partial charge is 0.377 e. The van der Waals surface area contributed by atoms with Gasteiger partial charge in [0.25, 0.3) is 0 Å². The Bertz CT molecular complexity index is 252. The van der Waals surface area contributed by atoms with Gasteiger partial charge in [-0.15, -0.1) is 0 Å². The minimum absolute atomic E-state index is 0.0464. The SMILES string of the molecule is CCCNC(C#N)CN1CCCC(OCCC)C1. The topological polar surface area (TPSA) is 48.3 Å². The van der Waals surface area contributed by atoms with Gasteiger partial charge < -0.3 is 10.1 Å². The molecule has 0 bridgehead atoms. The molecule has 1 aliphatic rings. The summed E-state index contributed by atoms with van der Waals surface area (Å²) in [6.07, 6.45) is 4.86. The first kappa shape index (κ1) is 15.4. The Labute approximate surface area is 111 Å². The smallest absolute Gasteiger partial charge is 0.108 e. The van der Waals surface area contributed by atoms with E-state index < -0.39 is 0 Å². The van der Waals surface area contributed by atoms with Gasteiger partial charge in [0.15, 0.2) is 0 Å². The van der Waals surface area contributed by atoms with Gasteiger partial charge in [-0.1, -0.05) is 13.8 Å². The molecule has 1 rings (SSSR count). The van der Waals surface area contributed by atoms with Crippen molar-refractivity contribution in [3.05, 3.63) is 0 Å². The maximum absolute atomic E-state index is 9.12. The van der Waals surface area contributed by atoms with Gasteiger partial charge >= 0.3 is 0 Å². The number of ether oxygens (including phenoxy) is 1. The molecule has 0 saturated carbocycles. The number of likely N-dealkylation sites (tertiary alicyclic amines) is 1. The zero-order valence-electron chi connectivity index (χ0n) is 11.8. The maximum Gasteiger partial charge on any atom is 0.108 e. The quantitative estimate of drug-likeness (QED) is 0.716. The lowest BCUT2D eigenvalue weighted by atomic mass is 10.1. The van der Waals surface area contributed by atoms with E-state index in [0.717, 1.165) is 52.0 Å². The summed E-state index contributed by atoms with van der Waals surface area (Å²) in [6.45, 7) is 8.93. The molecular formula is C14H27N3O. The number of hydrogen-bond acceptors (Lipinski definition) is 4. The first-order valence-corrected chi connectivity index (χ1v) is 7.27. The third-order valence-corrected chi connectivity index (χ3v) is 3.26. The van der Waals surface area contributed by atoms with Crippen molar-refractivity contribution in [3.8, 4) is 6.07 Å². The normalized spacial score (nSPS) is 22.6. The molecule has 0 aliphatic carbocycles. The fraction of sp³-hybridized carbons (Fsp3) is 0.929. The average molecular weight is 253 g/mol. The van der Waals surface area contributed by atoms with Crippen molar-refractivity contribution in [3.63, 3.8) is 0 Å². The van der Waals surface area contributed by atoms with Gasteiger partial charge in [0.05, 0.1) is 12.2 Å². The van der Waals surface area contributed by atoms with Crippen LogP contribution in [0.25, 0.3) is 0 Å². The maximum atomic E-state index is 9.12. The number of piperidine rings is 1. The molecule has 1 saturated heterocycles. The first-order chi connectivity index (χ1) is 8.80. The third-order valence-electron chi connectivity index (χ3n) is 3.26. The van der Waals surface area contributed by atoms with Crippen LogP contribution in [0.5, 0.6) is 0 Å². The van der Waals surface area contributed by atoms with Crippen LogP contribution in [0.2, 0.25) is 0 Å². The number of nitriles is 1. The fourth-order valence-electron chi connectivity index (χ4n) is 2.33. The van der Waals surface area contributed by atoms with Crippen LogP contribution in [0.1, 0.15) is 39.5 Å². The summed E-state index contributed by atoms with van der Waals surface area (Å²) in [5, 5.41) is 12.4.